The van der Waals surface area contributed by atoms with Gasteiger partial charge < -0.3 is 19.6 Å². The number of carbonyl (C=O) groups excluding carboxylic acids is 2. The molecule has 0 fully saturated rings. The summed E-state index contributed by atoms with van der Waals surface area (Å²) in [5, 5.41) is 5.69. The number of nitrogens with zero attached hydrogens (tertiary/aromatic N) is 3. The van der Waals surface area contributed by atoms with Crippen molar-refractivity contribution in [2.45, 2.75) is 38.9 Å². The number of aromatic nitrogens is 3. The van der Waals surface area contributed by atoms with Crippen molar-refractivity contribution < 1.29 is 14.0 Å². The molecule has 2 amide bonds. The zero-order chi connectivity index (χ0) is 19.3. The number of fused-ring (bicyclic) bond motifs is 1. The summed E-state index contributed by atoms with van der Waals surface area (Å²) in [5.41, 5.74) is 2.10. The maximum atomic E-state index is 12.7. The molecule has 8 heteroatoms. The van der Waals surface area contributed by atoms with Crippen molar-refractivity contribution in [1.29, 1.82) is 0 Å². The molecular formula is C20H21N5O3. The van der Waals surface area contributed by atoms with E-state index >= 15 is 0 Å². The van der Waals surface area contributed by atoms with Crippen LogP contribution in [0.2, 0.25) is 0 Å². The van der Waals surface area contributed by atoms with E-state index in [9.17, 15) is 9.59 Å². The van der Waals surface area contributed by atoms with Crippen LogP contribution in [0.4, 0.5) is 0 Å². The van der Waals surface area contributed by atoms with Crippen LogP contribution in [0.1, 0.15) is 51.0 Å². The first-order valence-electron chi connectivity index (χ1n) is 9.29. The Labute approximate surface area is 162 Å². The van der Waals surface area contributed by atoms with Crippen LogP contribution in [-0.4, -0.2) is 26.3 Å². The van der Waals surface area contributed by atoms with Gasteiger partial charge in [-0.3, -0.25) is 14.6 Å². The van der Waals surface area contributed by atoms with Gasteiger partial charge in [-0.15, -0.1) is 0 Å². The van der Waals surface area contributed by atoms with Gasteiger partial charge in [0, 0.05) is 25.5 Å². The molecule has 0 saturated heterocycles. The van der Waals surface area contributed by atoms with Gasteiger partial charge >= 0.3 is 0 Å². The lowest BCUT2D eigenvalue weighted by Crippen LogP contribution is -2.27. The molecule has 8 nitrogen and oxygen atoms in total. The maximum absolute atomic E-state index is 12.7. The Morgan fingerprint density at radius 1 is 1.07 bits per heavy atom. The Morgan fingerprint density at radius 3 is 2.68 bits per heavy atom. The number of hydrogen-bond donors (Lipinski definition) is 2. The SMILES string of the molecule is O=C(NCc1ccncc1)c1nc(C(=O)NCc2ccco2)n2c1CCCC2. The molecule has 0 saturated carbocycles. The summed E-state index contributed by atoms with van der Waals surface area (Å²) in [6.45, 7) is 1.34. The maximum Gasteiger partial charge on any atom is 0.287 e. The number of rotatable bonds is 6. The molecule has 4 rings (SSSR count). The fourth-order valence-electron chi connectivity index (χ4n) is 3.32. The van der Waals surface area contributed by atoms with E-state index in [1.807, 2.05) is 16.7 Å². The first kappa shape index (κ1) is 18.0. The summed E-state index contributed by atoms with van der Waals surface area (Å²) in [5.74, 6) is 0.352. The lowest BCUT2D eigenvalue weighted by molar-refractivity contribution is 0.0932. The van der Waals surface area contributed by atoms with Gasteiger partial charge in [0.25, 0.3) is 11.8 Å². The smallest absolute Gasteiger partial charge is 0.287 e. The predicted molar refractivity (Wildman–Crippen MR) is 100 cm³/mol. The Hall–Kier alpha value is -3.42. The van der Waals surface area contributed by atoms with Gasteiger partial charge in [0.05, 0.1) is 18.5 Å². The first-order chi connectivity index (χ1) is 13.7. The van der Waals surface area contributed by atoms with Crippen molar-refractivity contribution in [2.24, 2.45) is 0 Å². The topological polar surface area (TPSA) is 102 Å². The molecule has 144 valence electrons. The minimum atomic E-state index is -0.312. The summed E-state index contributed by atoms with van der Waals surface area (Å²) in [7, 11) is 0. The van der Waals surface area contributed by atoms with Crippen LogP contribution >= 0.6 is 0 Å². The highest BCUT2D eigenvalue weighted by atomic mass is 16.3. The number of carbonyl (C=O) groups is 2. The van der Waals surface area contributed by atoms with Crippen molar-refractivity contribution in [3.63, 3.8) is 0 Å². The third kappa shape index (κ3) is 3.80. The zero-order valence-electron chi connectivity index (χ0n) is 15.4. The molecule has 1 aliphatic heterocycles. The van der Waals surface area contributed by atoms with Gasteiger partial charge in [-0.05, 0) is 49.1 Å². The zero-order valence-corrected chi connectivity index (χ0v) is 15.4. The second-order valence-electron chi connectivity index (χ2n) is 6.64. The Morgan fingerprint density at radius 2 is 1.89 bits per heavy atom. The van der Waals surface area contributed by atoms with Crippen LogP contribution in [0.5, 0.6) is 0 Å². The number of hydrogen-bond acceptors (Lipinski definition) is 5. The average Bonchev–Trinajstić information content (AvgIpc) is 3.39. The van der Waals surface area contributed by atoms with E-state index in [4.69, 9.17) is 4.42 Å². The lowest BCUT2D eigenvalue weighted by Gasteiger charge is -2.17. The van der Waals surface area contributed by atoms with Crippen molar-refractivity contribution in [2.75, 3.05) is 0 Å². The predicted octanol–water partition coefficient (Wildman–Crippen LogP) is 2.07. The molecule has 0 radical (unpaired) electrons. The Balaban J connectivity index is 1.51. The number of imidazole rings is 1. The van der Waals surface area contributed by atoms with E-state index in [2.05, 4.69) is 20.6 Å². The molecule has 3 aromatic rings. The van der Waals surface area contributed by atoms with Crippen LogP contribution < -0.4 is 10.6 Å². The largest absolute Gasteiger partial charge is 0.467 e. The van der Waals surface area contributed by atoms with Gasteiger partial charge in [-0.2, -0.15) is 0 Å². The van der Waals surface area contributed by atoms with E-state index in [1.165, 1.54) is 0 Å². The van der Waals surface area contributed by atoms with E-state index in [0.29, 0.717) is 24.5 Å². The molecule has 0 aromatic carbocycles. The minimum absolute atomic E-state index is 0.271. The van der Waals surface area contributed by atoms with E-state index in [1.54, 1.807) is 30.8 Å². The highest BCUT2D eigenvalue weighted by molar-refractivity contribution is 5.97. The van der Waals surface area contributed by atoms with Crippen molar-refractivity contribution in [3.8, 4) is 0 Å². The highest BCUT2D eigenvalue weighted by Gasteiger charge is 2.27. The molecule has 4 heterocycles. The van der Waals surface area contributed by atoms with E-state index in [-0.39, 0.29) is 24.2 Å². The molecule has 1 aliphatic rings. The van der Waals surface area contributed by atoms with Gasteiger partial charge in [-0.1, -0.05) is 0 Å². The van der Waals surface area contributed by atoms with E-state index in [0.717, 1.165) is 30.5 Å². The Bertz CT molecular complexity index is 963. The Kier molecular flexibility index (Phi) is 5.18. The van der Waals surface area contributed by atoms with Gasteiger partial charge in [0.2, 0.25) is 0 Å². The number of amides is 2. The summed E-state index contributed by atoms with van der Waals surface area (Å²) in [6, 6.07) is 7.25. The number of furan rings is 1. The quantitative estimate of drug-likeness (QED) is 0.683. The summed E-state index contributed by atoms with van der Waals surface area (Å²) < 4.78 is 7.10. The first-order valence-corrected chi connectivity index (χ1v) is 9.29. The summed E-state index contributed by atoms with van der Waals surface area (Å²) in [6.07, 6.45) is 7.59. The summed E-state index contributed by atoms with van der Waals surface area (Å²) >= 11 is 0. The van der Waals surface area contributed by atoms with Crippen LogP contribution in [0.3, 0.4) is 0 Å². The average molecular weight is 379 g/mol. The monoisotopic (exact) mass is 379 g/mol. The van der Waals surface area contributed by atoms with Crippen LogP contribution in [0.15, 0.2) is 47.3 Å². The molecule has 2 N–H and O–H groups in total. The van der Waals surface area contributed by atoms with Crippen molar-refractivity contribution in [1.82, 2.24) is 25.2 Å². The number of pyridine rings is 1. The van der Waals surface area contributed by atoms with Gasteiger partial charge in [0.15, 0.2) is 5.82 Å². The molecule has 3 aromatic heterocycles. The molecule has 0 unspecified atom stereocenters. The molecule has 0 bridgehead atoms. The van der Waals surface area contributed by atoms with Crippen LogP contribution in [0.25, 0.3) is 0 Å². The molecule has 0 aliphatic carbocycles. The van der Waals surface area contributed by atoms with Crippen molar-refractivity contribution in [3.05, 3.63) is 71.5 Å². The fraction of sp³-hybridized carbons (Fsp3) is 0.300. The standard InChI is InChI=1S/C20H21N5O3/c26-19(22-12-14-6-8-21-9-7-14)17-16-5-1-2-10-25(16)18(24-17)20(27)23-13-15-4-3-11-28-15/h3-4,6-9,11H,1-2,5,10,12-13H2,(H,22,26)(H,23,27). The van der Waals surface area contributed by atoms with Gasteiger partial charge in [-0.25, -0.2) is 4.98 Å². The molecule has 0 atom stereocenters. The normalized spacial score (nSPS) is 13.0. The van der Waals surface area contributed by atoms with Gasteiger partial charge in [0.1, 0.15) is 11.5 Å². The highest BCUT2D eigenvalue weighted by Crippen LogP contribution is 2.21. The summed E-state index contributed by atoms with van der Waals surface area (Å²) in [4.78, 5) is 33.7. The van der Waals surface area contributed by atoms with Crippen molar-refractivity contribution >= 4 is 11.8 Å². The van der Waals surface area contributed by atoms with Crippen LogP contribution in [0, 0.1) is 0 Å². The molecule has 0 spiro atoms. The molecular weight excluding hydrogens is 358 g/mol. The number of nitrogens with one attached hydrogen (secondary N) is 2. The minimum Gasteiger partial charge on any atom is -0.467 e. The fourth-order valence-corrected chi connectivity index (χ4v) is 3.32. The second kappa shape index (κ2) is 8.08. The molecule has 28 heavy (non-hydrogen) atoms. The third-order valence-corrected chi connectivity index (χ3v) is 4.74. The second-order valence-corrected chi connectivity index (χ2v) is 6.64. The van der Waals surface area contributed by atoms with E-state index < -0.39 is 0 Å². The lowest BCUT2D eigenvalue weighted by atomic mass is 10.1. The third-order valence-electron chi connectivity index (χ3n) is 4.74. The van der Waals surface area contributed by atoms with Crippen LogP contribution in [-0.2, 0) is 26.1 Å².